The Hall–Kier alpha value is 0.293. The van der Waals surface area contributed by atoms with Gasteiger partial charge in [0.15, 0.2) is 0 Å². The van der Waals surface area contributed by atoms with Crippen molar-refractivity contribution in [1.29, 1.82) is 0 Å². The predicted octanol–water partition coefficient (Wildman–Crippen LogP) is -0.241. The third-order valence-corrected chi connectivity index (χ3v) is 10.8. The van der Waals surface area contributed by atoms with Crippen molar-refractivity contribution in [2.75, 3.05) is 0 Å². The number of allylic oxidation sites excluding steroid dienone is 8. The van der Waals surface area contributed by atoms with Crippen LogP contribution in [0.4, 0.5) is 0 Å². The van der Waals surface area contributed by atoms with Gasteiger partial charge in [-0.05, 0) is 0 Å². The maximum atomic E-state index is 2.59. The topological polar surface area (TPSA) is 0 Å². The molecule has 0 nitrogen and oxygen atoms in total. The van der Waals surface area contributed by atoms with Gasteiger partial charge in [0.2, 0.25) is 0 Å². The molecule has 0 aromatic heterocycles. The molecular weight excluding hydrogens is 426 g/mol. The van der Waals surface area contributed by atoms with E-state index in [2.05, 4.69) is 57.2 Å². The van der Waals surface area contributed by atoms with Crippen LogP contribution in [-0.4, -0.2) is 3.21 Å². The molecule has 0 amide bonds. The number of rotatable bonds is 2. The molecule has 0 aromatic carbocycles. The van der Waals surface area contributed by atoms with E-state index in [1.165, 1.54) is 25.7 Å². The molecule has 0 bridgehead atoms. The maximum Gasteiger partial charge on any atom is -1.00 e. The Balaban J connectivity index is 0.00000113. The number of hydrogen-bond donors (Lipinski definition) is 0. The van der Waals surface area contributed by atoms with Crippen LogP contribution in [0.5, 0.6) is 0 Å². The zero-order chi connectivity index (χ0) is 16.0. The van der Waals surface area contributed by atoms with Gasteiger partial charge in [-0.25, -0.2) is 0 Å². The first-order valence-corrected chi connectivity index (χ1v) is 12.1. The molecule has 0 aliphatic heterocycles. The van der Waals surface area contributed by atoms with E-state index in [1.54, 1.807) is 8.78 Å². The summed E-state index contributed by atoms with van der Waals surface area (Å²) >= 11 is -0.415. The Labute approximate surface area is 177 Å². The van der Waals surface area contributed by atoms with E-state index in [-0.39, 0.29) is 24.8 Å². The molecule has 4 aliphatic carbocycles. The summed E-state index contributed by atoms with van der Waals surface area (Å²) in [7, 11) is 0. The zero-order valence-corrected chi connectivity index (χ0v) is 19.5. The van der Waals surface area contributed by atoms with Crippen LogP contribution in [-0.2, 0) is 22.8 Å². The van der Waals surface area contributed by atoms with E-state index in [4.69, 9.17) is 0 Å². The van der Waals surface area contributed by atoms with Gasteiger partial charge in [0, 0.05) is 0 Å². The molecule has 4 aliphatic rings. The van der Waals surface area contributed by atoms with Crippen molar-refractivity contribution in [2.45, 2.75) is 50.1 Å². The molecule has 6 unspecified atom stereocenters. The molecule has 0 aromatic rings. The minimum absolute atomic E-state index is 0. The van der Waals surface area contributed by atoms with Crippen LogP contribution >= 0.6 is 0 Å². The van der Waals surface area contributed by atoms with Gasteiger partial charge in [0.1, 0.15) is 0 Å². The molecule has 0 radical (unpaired) electrons. The minimum atomic E-state index is -0.415. The standard InChI is InChI=1S/C19H23.C3H6.2ClH.Zr/c1-13-6-4-9-15(13)17-10-5-11-18-16-8-3-2-7-14(16)12-19(17)18;1-3-2;;;/h2-4,6-8,12,14,16-19H,5,9-11H2,1H3;1-2H3;2*1H;/q;;;;+2/p-2. The van der Waals surface area contributed by atoms with E-state index in [0.29, 0.717) is 0 Å². The normalized spacial score (nSPS) is 37.7. The zero-order valence-electron chi connectivity index (χ0n) is 15.5. The van der Waals surface area contributed by atoms with E-state index in [9.17, 15) is 0 Å². The molecule has 2 saturated carbocycles. The van der Waals surface area contributed by atoms with Gasteiger partial charge >= 0.3 is 153 Å². The number of fused-ring (bicyclic) bond motifs is 3. The van der Waals surface area contributed by atoms with Gasteiger partial charge in [0.25, 0.3) is 0 Å². The van der Waals surface area contributed by atoms with Gasteiger partial charge in [-0.2, -0.15) is 0 Å². The molecule has 4 rings (SSSR count). The summed E-state index contributed by atoms with van der Waals surface area (Å²) in [6, 6.07) is 0. The van der Waals surface area contributed by atoms with Crippen LogP contribution < -0.4 is 24.8 Å². The van der Waals surface area contributed by atoms with Crippen LogP contribution in [0, 0.1) is 29.6 Å². The fourth-order valence-electron chi connectivity index (χ4n) is 5.91. The predicted molar refractivity (Wildman–Crippen MR) is 96.1 cm³/mol. The smallest absolute Gasteiger partial charge is 1.00 e. The van der Waals surface area contributed by atoms with Crippen molar-refractivity contribution >= 4 is 3.21 Å². The van der Waals surface area contributed by atoms with E-state index < -0.39 is 22.8 Å². The summed E-state index contributed by atoms with van der Waals surface area (Å²) in [6.07, 6.45) is 20.3. The van der Waals surface area contributed by atoms with Crippen LogP contribution in [0.3, 0.4) is 0 Å². The summed E-state index contributed by atoms with van der Waals surface area (Å²) in [5.41, 5.74) is 3.40. The molecule has 25 heavy (non-hydrogen) atoms. The summed E-state index contributed by atoms with van der Waals surface area (Å²) in [5, 5.41) is 0. The second-order valence-electron chi connectivity index (χ2n) is 8.19. The molecular formula is C22H29Cl2Zr. The molecule has 0 N–H and O–H groups in total. The van der Waals surface area contributed by atoms with Gasteiger partial charge in [-0.1, -0.05) is 0 Å². The van der Waals surface area contributed by atoms with Gasteiger partial charge < -0.3 is 24.8 Å². The van der Waals surface area contributed by atoms with Crippen molar-refractivity contribution in [2.24, 2.45) is 29.6 Å². The van der Waals surface area contributed by atoms with Crippen LogP contribution in [0.15, 0.2) is 47.6 Å². The monoisotopic (exact) mass is 453 g/mol. The average Bonchev–Trinajstić information content (AvgIpc) is 3.10. The number of hydrogen-bond acceptors (Lipinski definition) is 0. The van der Waals surface area contributed by atoms with Crippen molar-refractivity contribution in [3.63, 3.8) is 0 Å². The first-order valence-electron chi connectivity index (χ1n) is 9.44. The Kier molecular flexibility index (Phi) is 7.76. The van der Waals surface area contributed by atoms with Crippen molar-refractivity contribution in [3.8, 4) is 0 Å². The second kappa shape index (κ2) is 8.99. The quantitative estimate of drug-likeness (QED) is 0.539. The SMILES string of the molecule is C[C](C)=[Zr+2][CH]1C2C=CC=CC2C2CCCC(C3=C(C)C=CC3)C21.[Cl-].[Cl-]. The van der Waals surface area contributed by atoms with Crippen molar-refractivity contribution in [3.05, 3.63) is 47.6 Å². The van der Waals surface area contributed by atoms with Crippen molar-refractivity contribution in [1.82, 2.24) is 0 Å². The third-order valence-electron chi connectivity index (χ3n) is 6.67. The summed E-state index contributed by atoms with van der Waals surface area (Å²) in [6.45, 7) is 7.18. The van der Waals surface area contributed by atoms with E-state index in [0.717, 1.165) is 33.2 Å². The minimum Gasteiger partial charge on any atom is -1.00 e. The Morgan fingerprint density at radius 3 is 2.40 bits per heavy atom. The van der Waals surface area contributed by atoms with E-state index in [1.807, 2.05) is 5.57 Å². The molecule has 0 saturated heterocycles. The fraction of sp³-hybridized carbons (Fsp3) is 0.591. The van der Waals surface area contributed by atoms with Gasteiger partial charge in [-0.3, -0.25) is 0 Å². The molecule has 0 heterocycles. The van der Waals surface area contributed by atoms with Gasteiger partial charge in [0.05, 0.1) is 0 Å². The Morgan fingerprint density at radius 1 is 1.04 bits per heavy atom. The molecule has 2 fully saturated rings. The van der Waals surface area contributed by atoms with Gasteiger partial charge in [-0.15, -0.1) is 0 Å². The first-order chi connectivity index (χ1) is 11.2. The Morgan fingerprint density at radius 2 is 1.76 bits per heavy atom. The van der Waals surface area contributed by atoms with Crippen molar-refractivity contribution < 1.29 is 47.6 Å². The van der Waals surface area contributed by atoms with Crippen LogP contribution in [0.2, 0.25) is 3.63 Å². The first kappa shape index (κ1) is 21.6. The number of halogens is 2. The van der Waals surface area contributed by atoms with Crippen LogP contribution in [0.1, 0.15) is 46.5 Å². The van der Waals surface area contributed by atoms with Crippen LogP contribution in [0.25, 0.3) is 0 Å². The third kappa shape index (κ3) is 3.95. The fourth-order valence-corrected chi connectivity index (χ4v) is 10.5. The Bertz CT molecular complexity index is 636. The average molecular weight is 456 g/mol. The molecule has 6 atom stereocenters. The summed E-state index contributed by atoms with van der Waals surface area (Å²) < 4.78 is 2.83. The maximum absolute atomic E-state index is 2.59. The summed E-state index contributed by atoms with van der Waals surface area (Å²) in [4.78, 5) is 0. The molecule has 135 valence electrons. The summed E-state index contributed by atoms with van der Waals surface area (Å²) in [5.74, 6) is 4.56. The van der Waals surface area contributed by atoms with E-state index >= 15 is 0 Å². The largest absolute Gasteiger partial charge is 1.00 e. The second-order valence-corrected chi connectivity index (χ2v) is 13.0. The molecule has 0 spiro atoms. The molecule has 3 heteroatoms.